The molecule has 6 aliphatic heterocycles. The molecule has 16 nitrogen and oxygen atoms in total. The molecule has 18 heteroatoms. The summed E-state index contributed by atoms with van der Waals surface area (Å²) in [5.41, 5.74) is 2.68. The molecule has 4 aromatic rings. The largest absolute Gasteiger partial charge is 0.353 e. The number of aliphatic hydroxyl groups is 1. The molecule has 2 aliphatic carbocycles. The molecule has 0 unspecified atom stereocenters. The Balaban J connectivity index is 0.000000168. The van der Waals surface area contributed by atoms with E-state index < -0.39 is 41.5 Å². The number of ether oxygens (including phenoxy) is 1. The number of hydrogen-bond donors (Lipinski definition) is 3. The maximum atomic E-state index is 14.4. The van der Waals surface area contributed by atoms with Crippen LogP contribution in [-0.2, 0) is 35.1 Å². The third-order valence-corrected chi connectivity index (χ3v) is 18.8. The van der Waals surface area contributed by atoms with E-state index in [2.05, 4.69) is 81.7 Å². The predicted molar refractivity (Wildman–Crippen MR) is 284 cm³/mol. The number of fused-ring (bicyclic) bond motifs is 7. The summed E-state index contributed by atoms with van der Waals surface area (Å²) < 4.78 is 13.4. The first-order chi connectivity index (χ1) is 35.1. The molecule has 0 spiro atoms. The summed E-state index contributed by atoms with van der Waals surface area (Å²) in [6.07, 6.45) is 10.4. The molecular formula is C55H70BrN9O7S. The van der Waals surface area contributed by atoms with Gasteiger partial charge in [0.25, 0.3) is 11.8 Å². The van der Waals surface area contributed by atoms with Crippen LogP contribution in [0.15, 0.2) is 53.1 Å². The van der Waals surface area contributed by atoms with E-state index in [0.29, 0.717) is 32.5 Å². The van der Waals surface area contributed by atoms with E-state index in [1.807, 2.05) is 33.0 Å². The zero-order valence-electron chi connectivity index (χ0n) is 42.8. The number of nitrogens with zero attached hydrogens (tertiary/aromatic N) is 7. The van der Waals surface area contributed by atoms with E-state index in [1.165, 1.54) is 25.9 Å². The van der Waals surface area contributed by atoms with Gasteiger partial charge in [-0.25, -0.2) is 0 Å². The van der Waals surface area contributed by atoms with Crippen molar-refractivity contribution >= 4 is 89.4 Å². The fraction of sp³-hybridized carbons (Fsp3) is 0.600. The highest BCUT2D eigenvalue weighted by Crippen LogP contribution is 2.49. The van der Waals surface area contributed by atoms with Crippen molar-refractivity contribution in [1.82, 2.24) is 39.2 Å². The molecule has 6 fully saturated rings. The first-order valence-corrected chi connectivity index (χ1v) is 28.4. The van der Waals surface area contributed by atoms with Crippen LogP contribution in [0.4, 0.5) is 5.82 Å². The third-order valence-electron chi connectivity index (χ3n) is 17.3. The number of anilines is 1. The van der Waals surface area contributed by atoms with Crippen molar-refractivity contribution in [2.45, 2.75) is 122 Å². The predicted octanol–water partition coefficient (Wildman–Crippen LogP) is 6.57. The summed E-state index contributed by atoms with van der Waals surface area (Å²) in [6.45, 7) is 14.3. The Hall–Kier alpha value is -4.72. The van der Waals surface area contributed by atoms with Crippen molar-refractivity contribution in [3.63, 3.8) is 0 Å². The molecule has 390 valence electrons. The second-order valence-electron chi connectivity index (χ2n) is 22.5. The van der Waals surface area contributed by atoms with Gasteiger partial charge in [-0.05, 0) is 133 Å². The molecule has 2 aromatic carbocycles. The monoisotopic (exact) mass is 1080 g/mol. The molecule has 5 amide bonds. The number of likely N-dealkylation sites (N-methyl/N-ethyl adjacent to an activating group) is 1. The first-order valence-electron chi connectivity index (χ1n) is 26.9. The lowest BCUT2D eigenvalue weighted by Crippen LogP contribution is -2.71. The topological polar surface area (TPSA) is 175 Å². The summed E-state index contributed by atoms with van der Waals surface area (Å²) in [5, 5.41) is 17.6. The lowest BCUT2D eigenvalue weighted by atomic mass is 9.79. The number of likely N-dealkylation sites (tertiary alicyclic amines) is 1. The van der Waals surface area contributed by atoms with Crippen molar-refractivity contribution in [2.24, 2.45) is 29.6 Å². The molecule has 3 N–H and O–H groups in total. The number of carbonyl (C=O) groups excluding carboxylic acids is 5. The Morgan fingerprint density at radius 1 is 0.918 bits per heavy atom. The number of nitrogens with one attached hydrogen (secondary N) is 2. The normalized spacial score (nSPS) is 30.3. The van der Waals surface area contributed by atoms with Crippen LogP contribution < -0.4 is 10.2 Å². The molecule has 5 saturated heterocycles. The van der Waals surface area contributed by atoms with E-state index >= 15 is 0 Å². The molecule has 8 aliphatic rings. The van der Waals surface area contributed by atoms with Crippen molar-refractivity contribution in [1.29, 1.82) is 0 Å². The van der Waals surface area contributed by atoms with Gasteiger partial charge in [0.2, 0.25) is 29.4 Å². The number of imide groups is 1. The molecule has 2 aromatic heterocycles. The van der Waals surface area contributed by atoms with Gasteiger partial charge in [0, 0.05) is 74.1 Å². The average Bonchev–Trinajstić information content (AvgIpc) is 4.21. The molecule has 8 atom stereocenters. The van der Waals surface area contributed by atoms with Crippen LogP contribution in [0.3, 0.4) is 0 Å². The van der Waals surface area contributed by atoms with Crippen molar-refractivity contribution in [2.75, 3.05) is 64.3 Å². The quantitative estimate of drug-likeness (QED) is 0.110. The number of benzene rings is 2. The van der Waals surface area contributed by atoms with Gasteiger partial charge in [-0.15, -0.1) is 0 Å². The van der Waals surface area contributed by atoms with Crippen molar-refractivity contribution in [3.05, 3.63) is 64.3 Å². The second-order valence-corrected chi connectivity index (χ2v) is 24.1. The van der Waals surface area contributed by atoms with Gasteiger partial charge >= 0.3 is 0 Å². The Morgan fingerprint density at radius 2 is 1.64 bits per heavy atom. The van der Waals surface area contributed by atoms with Crippen LogP contribution in [0.2, 0.25) is 0 Å². The molecular weight excluding hydrogens is 1010 g/mol. The molecule has 12 rings (SSSR count). The Bertz CT molecular complexity index is 2840. The second kappa shape index (κ2) is 19.8. The van der Waals surface area contributed by atoms with E-state index in [0.717, 1.165) is 111 Å². The van der Waals surface area contributed by atoms with Gasteiger partial charge in [-0.2, -0.15) is 4.37 Å². The zero-order chi connectivity index (χ0) is 51.1. The van der Waals surface area contributed by atoms with Crippen LogP contribution in [0.25, 0.3) is 26.6 Å². The SMILES string of the molecule is CC(C)C[C@H]1C(=O)N2CCC[C@H]2[C@]2(O)O[C@](NC(=O)[C@@H]3C=C4c5cccc6[nH]c(Br)c(c56)C[C@H]4N(C)C3)(C(C)C)C(=O)N12.O=C1[C@H]2CCCC[C@H]2C(=O)N1CCCCN1CCN(c2nsc3ccccc23)CC1. The minimum Gasteiger partial charge on any atom is -0.353 e. The lowest BCUT2D eigenvalue weighted by molar-refractivity contribution is -0.322. The number of rotatable bonds is 11. The number of amides is 5. The minimum atomic E-state index is -2.01. The minimum absolute atomic E-state index is 0.0128. The highest BCUT2D eigenvalue weighted by atomic mass is 79.9. The summed E-state index contributed by atoms with van der Waals surface area (Å²) in [7, 11) is 2.03. The number of aromatic amines is 1. The summed E-state index contributed by atoms with van der Waals surface area (Å²) >= 11 is 5.28. The zero-order valence-corrected chi connectivity index (χ0v) is 45.2. The Kier molecular flexibility index (Phi) is 13.7. The Labute approximate surface area is 440 Å². The summed E-state index contributed by atoms with van der Waals surface area (Å²) in [6, 6.07) is 13.2. The van der Waals surface area contributed by atoms with E-state index in [-0.39, 0.29) is 47.4 Å². The van der Waals surface area contributed by atoms with E-state index in [1.54, 1.807) is 35.2 Å². The smallest absolute Gasteiger partial charge is 0.281 e. The molecule has 0 bridgehead atoms. The fourth-order valence-corrected chi connectivity index (χ4v) is 14.9. The van der Waals surface area contributed by atoms with Crippen LogP contribution in [0, 0.1) is 29.6 Å². The maximum Gasteiger partial charge on any atom is 0.281 e. The van der Waals surface area contributed by atoms with E-state index in [9.17, 15) is 29.1 Å². The number of piperazine rings is 2. The molecule has 1 saturated carbocycles. The Morgan fingerprint density at radius 3 is 2.37 bits per heavy atom. The standard InChI is InChI=1S/C32H40BrN5O5.C23H30N4O2S/c1-16(2)12-24-29(40)37-11-7-10-25(37)32(42)38(24)30(41)31(43-32,17(3)4)35-28(39)18-13-20-19-8-6-9-22-26(19)21(27(33)34-22)14-23(20)36(5)15-18;28-22-17-7-1-2-8-18(17)23(29)27(22)12-6-5-11-25-13-15-26(16-14-25)21-19-9-3-4-10-20(19)30-24-21/h6,8-9,13,16-18,23-25,34,42H,7,10-12,14-15H2,1-5H3,(H,35,39);3-4,9-10,17-18H,1-2,5-8,11-16H2/t18-,23-,24+,25+,31-,32+;17-,18+/m1./s1. The first kappa shape index (κ1) is 50.4. The maximum absolute atomic E-state index is 14.4. The van der Waals surface area contributed by atoms with Gasteiger partial charge in [-0.3, -0.25) is 48.3 Å². The third kappa shape index (κ3) is 8.63. The van der Waals surface area contributed by atoms with Gasteiger partial charge in [-0.1, -0.05) is 70.9 Å². The molecule has 0 radical (unpaired) electrons. The number of hydrogen-bond acceptors (Lipinski definition) is 12. The highest BCUT2D eigenvalue weighted by molar-refractivity contribution is 9.10. The van der Waals surface area contributed by atoms with Crippen molar-refractivity contribution < 1.29 is 33.8 Å². The van der Waals surface area contributed by atoms with Gasteiger partial charge in [0.15, 0.2) is 0 Å². The van der Waals surface area contributed by atoms with Crippen LogP contribution in [0.5, 0.6) is 0 Å². The number of unbranched alkanes of at least 4 members (excludes halogenated alkanes) is 1. The van der Waals surface area contributed by atoms with Crippen LogP contribution >= 0.6 is 27.5 Å². The molecule has 73 heavy (non-hydrogen) atoms. The fourth-order valence-electron chi connectivity index (χ4n) is 13.5. The van der Waals surface area contributed by atoms with Crippen LogP contribution in [0.1, 0.15) is 96.6 Å². The van der Waals surface area contributed by atoms with Gasteiger partial charge in [0.1, 0.15) is 17.9 Å². The number of carbonyl (C=O) groups is 5. The van der Waals surface area contributed by atoms with Gasteiger partial charge < -0.3 is 25.2 Å². The molecule has 8 heterocycles. The number of aromatic nitrogens is 2. The summed E-state index contributed by atoms with van der Waals surface area (Å²) in [5.74, 6) is -2.70. The van der Waals surface area contributed by atoms with E-state index in [4.69, 9.17) is 4.74 Å². The number of H-pyrrole nitrogens is 1. The number of halogens is 1. The lowest BCUT2D eigenvalue weighted by Gasteiger charge is -2.49. The highest BCUT2D eigenvalue weighted by Gasteiger charge is 2.72. The van der Waals surface area contributed by atoms with Gasteiger partial charge in [0.05, 0.1) is 27.1 Å². The average molecular weight is 1080 g/mol. The van der Waals surface area contributed by atoms with Crippen LogP contribution in [-0.4, -0.2) is 158 Å². The summed E-state index contributed by atoms with van der Waals surface area (Å²) in [4.78, 5) is 82.4. The van der Waals surface area contributed by atoms with Crippen molar-refractivity contribution in [3.8, 4) is 0 Å².